The molecule has 0 bridgehead atoms. The molecule has 7 atom stereocenters. The van der Waals surface area contributed by atoms with E-state index in [1.165, 1.54) is 12.0 Å². The Hall–Kier alpha value is -0.720. The minimum absolute atomic E-state index is 0.0727. The number of ether oxygens (including phenoxy) is 4. The number of hydrogen-bond donors (Lipinski definition) is 1. The van der Waals surface area contributed by atoms with Crippen molar-refractivity contribution in [3.8, 4) is 0 Å². The molecule has 0 amide bonds. The third-order valence-corrected chi connectivity index (χ3v) is 7.87. The maximum absolute atomic E-state index is 10.7. The Kier molecular flexibility index (Phi) is 8.49. The molecule has 5 heteroatoms. The summed E-state index contributed by atoms with van der Waals surface area (Å²) in [6.45, 7) is 8.74. The van der Waals surface area contributed by atoms with E-state index < -0.39 is 6.10 Å². The lowest BCUT2D eigenvalue weighted by Crippen LogP contribution is -2.33. The second kappa shape index (κ2) is 11.1. The number of allylic oxidation sites excluding steroid dienone is 2. The van der Waals surface area contributed by atoms with Crippen LogP contribution in [0.5, 0.6) is 0 Å². The van der Waals surface area contributed by atoms with Gasteiger partial charge in [0.05, 0.1) is 25.4 Å². The Morgan fingerprint density at radius 1 is 1.16 bits per heavy atom. The highest BCUT2D eigenvalue weighted by molar-refractivity contribution is 5.10. The number of hydrogen-bond acceptors (Lipinski definition) is 5. The Morgan fingerprint density at radius 2 is 1.97 bits per heavy atom. The number of rotatable bonds is 9. The minimum atomic E-state index is -0.406. The van der Waals surface area contributed by atoms with Crippen LogP contribution in [0.25, 0.3) is 0 Å². The lowest BCUT2D eigenvalue weighted by atomic mass is 9.89. The standard InChI is InChI=1S/C27H44O5/c1-19(2)7-6-8-20(3)15-22(28)10-11-23-24-18-27(30-13-14-31-27)17-21(24)16-25(23)32-26-9-4-5-12-29-26/h7,10-11,20-26,28H,4-6,8-9,12-18H2,1-3H3/b11-10+/t20-,21-,22-,23-,24+,25-,26?/m1/s1. The second-order valence-electron chi connectivity index (χ2n) is 10.9. The molecule has 2 aliphatic carbocycles. The topological polar surface area (TPSA) is 57.2 Å². The largest absolute Gasteiger partial charge is 0.389 e. The monoisotopic (exact) mass is 448 g/mol. The van der Waals surface area contributed by atoms with Crippen LogP contribution in [0.1, 0.15) is 78.6 Å². The highest BCUT2D eigenvalue weighted by Crippen LogP contribution is 2.55. The molecular weight excluding hydrogens is 404 g/mol. The fraction of sp³-hybridized carbons (Fsp3) is 0.852. The molecule has 2 saturated heterocycles. The predicted octanol–water partition coefficient (Wildman–Crippen LogP) is 5.38. The van der Waals surface area contributed by atoms with Gasteiger partial charge in [-0.1, -0.05) is 30.7 Å². The number of fused-ring (bicyclic) bond motifs is 1. The molecule has 4 fully saturated rings. The van der Waals surface area contributed by atoms with Crippen molar-refractivity contribution in [2.45, 2.75) is 103 Å². The lowest BCUT2D eigenvalue weighted by molar-refractivity contribution is -0.198. The molecule has 182 valence electrons. The van der Waals surface area contributed by atoms with Gasteiger partial charge in [0, 0.05) is 25.4 Å². The van der Waals surface area contributed by atoms with Crippen LogP contribution in [-0.2, 0) is 18.9 Å². The van der Waals surface area contributed by atoms with Crippen LogP contribution in [-0.4, -0.2) is 49.2 Å². The summed E-state index contributed by atoms with van der Waals surface area (Å²) in [5.41, 5.74) is 1.37. The molecule has 0 radical (unpaired) electrons. The van der Waals surface area contributed by atoms with E-state index in [0.29, 0.717) is 31.0 Å². The first-order chi connectivity index (χ1) is 15.4. The summed E-state index contributed by atoms with van der Waals surface area (Å²) in [7, 11) is 0. The SMILES string of the molecule is CC(C)=CCC[C@@H](C)C[C@H](O)/C=C/[C@@H]1[C@H]2CC3(C[C@H]2C[C@H]1OC1CCCCO1)OCCO3. The molecular formula is C27H44O5. The maximum Gasteiger partial charge on any atom is 0.169 e. The summed E-state index contributed by atoms with van der Waals surface area (Å²) >= 11 is 0. The van der Waals surface area contributed by atoms with Crippen molar-refractivity contribution < 1.29 is 24.1 Å². The summed E-state index contributed by atoms with van der Waals surface area (Å²) in [5.74, 6) is 1.45. The van der Waals surface area contributed by atoms with Crippen LogP contribution >= 0.6 is 0 Å². The summed E-state index contributed by atoms with van der Waals surface area (Å²) in [6.07, 6.45) is 15.5. The fourth-order valence-electron chi connectivity index (χ4n) is 6.28. The van der Waals surface area contributed by atoms with Gasteiger partial charge in [0.2, 0.25) is 0 Å². The van der Waals surface area contributed by atoms with E-state index in [4.69, 9.17) is 18.9 Å². The zero-order chi connectivity index (χ0) is 22.6. The molecule has 1 unspecified atom stereocenters. The van der Waals surface area contributed by atoms with Gasteiger partial charge in [0.1, 0.15) is 0 Å². The third-order valence-electron chi connectivity index (χ3n) is 7.87. The Bertz CT molecular complexity index is 642. The summed E-state index contributed by atoms with van der Waals surface area (Å²) < 4.78 is 24.5. The van der Waals surface area contributed by atoms with Crippen LogP contribution in [0.15, 0.2) is 23.8 Å². The third kappa shape index (κ3) is 6.24. The Balaban J connectivity index is 1.36. The minimum Gasteiger partial charge on any atom is -0.389 e. The summed E-state index contributed by atoms with van der Waals surface area (Å²) in [6, 6.07) is 0. The van der Waals surface area contributed by atoms with Crippen molar-refractivity contribution in [3.63, 3.8) is 0 Å². The van der Waals surface area contributed by atoms with Crippen LogP contribution in [0.3, 0.4) is 0 Å². The quantitative estimate of drug-likeness (QED) is 0.480. The van der Waals surface area contributed by atoms with Crippen molar-refractivity contribution in [3.05, 3.63) is 23.8 Å². The Labute approximate surface area is 194 Å². The molecule has 2 heterocycles. The number of aliphatic hydroxyl groups excluding tert-OH is 1. The number of aliphatic hydroxyl groups is 1. The first kappa shape index (κ1) is 24.4. The zero-order valence-corrected chi connectivity index (χ0v) is 20.3. The molecule has 5 nitrogen and oxygen atoms in total. The molecule has 2 aliphatic heterocycles. The van der Waals surface area contributed by atoms with Crippen LogP contribution in [0.4, 0.5) is 0 Å². The van der Waals surface area contributed by atoms with E-state index >= 15 is 0 Å². The van der Waals surface area contributed by atoms with E-state index in [1.54, 1.807) is 0 Å². The van der Waals surface area contributed by atoms with Gasteiger partial charge in [-0.05, 0) is 76.5 Å². The van der Waals surface area contributed by atoms with Crippen molar-refractivity contribution >= 4 is 0 Å². The van der Waals surface area contributed by atoms with Crippen molar-refractivity contribution in [1.29, 1.82) is 0 Å². The van der Waals surface area contributed by atoms with Gasteiger partial charge in [0.15, 0.2) is 12.1 Å². The highest BCUT2D eigenvalue weighted by Gasteiger charge is 2.56. The maximum atomic E-state index is 10.7. The second-order valence-corrected chi connectivity index (χ2v) is 10.9. The highest BCUT2D eigenvalue weighted by atomic mass is 16.7. The van der Waals surface area contributed by atoms with Crippen molar-refractivity contribution in [2.24, 2.45) is 23.7 Å². The average Bonchev–Trinajstić information content (AvgIpc) is 3.42. The van der Waals surface area contributed by atoms with E-state index in [0.717, 1.165) is 58.0 Å². The van der Waals surface area contributed by atoms with Crippen molar-refractivity contribution in [1.82, 2.24) is 0 Å². The van der Waals surface area contributed by atoms with Gasteiger partial charge in [-0.15, -0.1) is 0 Å². The molecule has 1 N–H and O–H groups in total. The molecule has 1 spiro atoms. The molecule has 0 aromatic rings. The van der Waals surface area contributed by atoms with E-state index in [2.05, 4.69) is 32.9 Å². The van der Waals surface area contributed by atoms with Crippen LogP contribution < -0.4 is 0 Å². The molecule has 0 aromatic carbocycles. The zero-order valence-electron chi connectivity index (χ0n) is 20.3. The van der Waals surface area contributed by atoms with Gasteiger partial charge in [-0.25, -0.2) is 0 Å². The predicted molar refractivity (Wildman–Crippen MR) is 125 cm³/mol. The van der Waals surface area contributed by atoms with E-state index in [9.17, 15) is 5.11 Å². The van der Waals surface area contributed by atoms with Gasteiger partial charge in [0.25, 0.3) is 0 Å². The fourth-order valence-corrected chi connectivity index (χ4v) is 6.28. The van der Waals surface area contributed by atoms with Gasteiger partial charge < -0.3 is 24.1 Å². The molecule has 32 heavy (non-hydrogen) atoms. The summed E-state index contributed by atoms with van der Waals surface area (Å²) in [5, 5.41) is 10.7. The van der Waals surface area contributed by atoms with Gasteiger partial charge in [-0.2, -0.15) is 0 Å². The van der Waals surface area contributed by atoms with Gasteiger partial charge in [-0.3, -0.25) is 0 Å². The first-order valence-electron chi connectivity index (χ1n) is 13.0. The molecule has 2 saturated carbocycles. The normalized spacial score (nSPS) is 35.9. The molecule has 0 aromatic heterocycles. The molecule has 4 aliphatic rings. The van der Waals surface area contributed by atoms with Crippen LogP contribution in [0, 0.1) is 23.7 Å². The van der Waals surface area contributed by atoms with Crippen LogP contribution in [0.2, 0.25) is 0 Å². The van der Waals surface area contributed by atoms with Crippen molar-refractivity contribution in [2.75, 3.05) is 19.8 Å². The van der Waals surface area contributed by atoms with E-state index in [-0.39, 0.29) is 24.1 Å². The smallest absolute Gasteiger partial charge is 0.169 e. The lowest BCUT2D eigenvalue weighted by Gasteiger charge is -2.31. The average molecular weight is 449 g/mol. The first-order valence-corrected chi connectivity index (χ1v) is 13.0. The Morgan fingerprint density at radius 3 is 2.69 bits per heavy atom. The molecule has 4 rings (SSSR count). The van der Waals surface area contributed by atoms with Gasteiger partial charge >= 0.3 is 0 Å². The van der Waals surface area contributed by atoms with E-state index in [1.807, 2.05) is 6.08 Å². The summed E-state index contributed by atoms with van der Waals surface area (Å²) in [4.78, 5) is 0.